The third-order valence-electron chi connectivity index (χ3n) is 2.06. The monoisotopic (exact) mass is 404 g/mol. The zero-order valence-corrected chi connectivity index (χ0v) is 16.6. The van der Waals surface area contributed by atoms with E-state index in [9.17, 15) is 0 Å². The molecule has 0 saturated carbocycles. The van der Waals surface area contributed by atoms with Crippen LogP contribution in [-0.2, 0) is 13.3 Å². The Morgan fingerprint density at radius 3 is 1.28 bits per heavy atom. The lowest BCUT2D eigenvalue weighted by Gasteiger charge is -2.41. The van der Waals surface area contributed by atoms with Crippen molar-refractivity contribution in [2.45, 2.75) is 76.1 Å². The lowest BCUT2D eigenvalue weighted by Crippen LogP contribution is -2.62. The Morgan fingerprint density at radius 2 is 1.11 bits per heavy atom. The van der Waals surface area contributed by atoms with Crippen molar-refractivity contribution in [1.82, 2.24) is 0 Å². The van der Waals surface area contributed by atoms with Crippen LogP contribution in [-0.4, -0.2) is 30.0 Å². The molecule has 0 amide bonds. The highest BCUT2D eigenvalue weighted by Crippen LogP contribution is 2.43. The Kier molecular flexibility index (Phi) is 8.19. The standard InChI is InChI=1S/C12H26Br2O3Si/c1-8-12(13,14)18(15-9(2)3,16-10(4)5)17-11(6)7/h9-11H,8H2,1-7H3. The predicted molar refractivity (Wildman–Crippen MR) is 85.3 cm³/mol. The van der Waals surface area contributed by atoms with Crippen LogP contribution in [0.5, 0.6) is 0 Å². The summed E-state index contributed by atoms with van der Waals surface area (Å²) in [6.07, 6.45) is 0.964. The minimum absolute atomic E-state index is 0.0511. The van der Waals surface area contributed by atoms with E-state index >= 15 is 0 Å². The molecular formula is C12H26Br2O3Si. The Labute approximate surface area is 130 Å². The van der Waals surface area contributed by atoms with Crippen molar-refractivity contribution in [1.29, 1.82) is 0 Å². The lowest BCUT2D eigenvalue weighted by atomic mass is 10.5. The van der Waals surface area contributed by atoms with Crippen LogP contribution >= 0.6 is 31.9 Å². The summed E-state index contributed by atoms with van der Waals surface area (Å²) in [5.41, 5.74) is 0. The van der Waals surface area contributed by atoms with Gasteiger partial charge in [0.25, 0.3) is 0 Å². The van der Waals surface area contributed by atoms with Gasteiger partial charge in [0.15, 0.2) is 0 Å². The molecule has 6 heteroatoms. The molecule has 18 heavy (non-hydrogen) atoms. The van der Waals surface area contributed by atoms with E-state index in [1.807, 2.05) is 41.5 Å². The maximum atomic E-state index is 6.12. The molecule has 0 N–H and O–H groups in total. The van der Waals surface area contributed by atoms with Crippen LogP contribution in [0.2, 0.25) is 0 Å². The van der Waals surface area contributed by atoms with Gasteiger partial charge in [0.2, 0.25) is 0 Å². The first-order chi connectivity index (χ1) is 8.06. The lowest BCUT2D eigenvalue weighted by molar-refractivity contribution is 0.000124. The zero-order chi connectivity index (χ0) is 14.6. The summed E-state index contributed by atoms with van der Waals surface area (Å²) >= 11 is 7.39. The largest absolute Gasteiger partial charge is 0.530 e. The predicted octanol–water partition coefficient (Wildman–Crippen LogP) is 4.64. The van der Waals surface area contributed by atoms with Crippen molar-refractivity contribution < 1.29 is 13.3 Å². The summed E-state index contributed by atoms with van der Waals surface area (Å²) in [7, 11) is -2.88. The zero-order valence-electron chi connectivity index (χ0n) is 12.4. The Morgan fingerprint density at radius 1 is 0.833 bits per heavy atom. The topological polar surface area (TPSA) is 27.7 Å². The highest BCUT2D eigenvalue weighted by molar-refractivity contribution is 9.26. The maximum absolute atomic E-state index is 6.12. The second-order valence-electron chi connectivity index (χ2n) is 5.11. The molecule has 0 bridgehead atoms. The van der Waals surface area contributed by atoms with Gasteiger partial charge in [-0.1, -0.05) is 38.8 Å². The number of halogens is 2. The summed E-state index contributed by atoms with van der Waals surface area (Å²) in [6, 6.07) is 0. The van der Waals surface area contributed by atoms with Crippen LogP contribution in [0.3, 0.4) is 0 Å². The molecule has 0 aliphatic carbocycles. The van der Waals surface area contributed by atoms with Gasteiger partial charge in [-0.25, -0.2) is 0 Å². The SMILES string of the molecule is CCC(Br)(Br)[Si](OC(C)C)(OC(C)C)OC(C)C. The van der Waals surface area contributed by atoms with Crippen molar-refractivity contribution in [3.05, 3.63) is 0 Å². The third-order valence-corrected chi connectivity index (χ3v) is 9.69. The van der Waals surface area contributed by atoms with Gasteiger partial charge in [-0.2, -0.15) is 0 Å². The fourth-order valence-electron chi connectivity index (χ4n) is 1.49. The van der Waals surface area contributed by atoms with E-state index in [0.29, 0.717) is 0 Å². The van der Waals surface area contributed by atoms with Gasteiger partial charge in [0.1, 0.15) is 2.86 Å². The van der Waals surface area contributed by atoms with E-state index < -0.39 is 11.7 Å². The Balaban J connectivity index is 5.38. The highest BCUT2D eigenvalue weighted by Gasteiger charge is 2.60. The van der Waals surface area contributed by atoms with Crippen molar-refractivity contribution >= 4 is 40.7 Å². The molecule has 0 atom stereocenters. The Bertz CT molecular complexity index is 219. The maximum Gasteiger partial charge on any atom is 0.530 e. The van der Waals surface area contributed by atoms with Crippen molar-refractivity contribution in [2.24, 2.45) is 0 Å². The smallest absolute Gasteiger partial charge is 0.370 e. The van der Waals surface area contributed by atoms with Crippen LogP contribution < -0.4 is 0 Å². The molecule has 3 nitrogen and oxygen atoms in total. The molecule has 0 unspecified atom stereocenters. The van der Waals surface area contributed by atoms with Gasteiger partial charge >= 0.3 is 8.80 Å². The number of hydrogen-bond acceptors (Lipinski definition) is 3. The molecule has 0 radical (unpaired) electrons. The minimum atomic E-state index is -2.88. The molecule has 110 valence electrons. The molecule has 0 aromatic rings. The number of rotatable bonds is 8. The second-order valence-corrected chi connectivity index (χ2v) is 13.0. The molecule has 0 spiro atoms. The van der Waals surface area contributed by atoms with Gasteiger partial charge in [-0.05, 0) is 48.0 Å². The molecule has 0 heterocycles. The van der Waals surface area contributed by atoms with Crippen LogP contribution in [0.25, 0.3) is 0 Å². The second kappa shape index (κ2) is 7.74. The Hall–Kier alpha value is 1.06. The van der Waals surface area contributed by atoms with Crippen molar-refractivity contribution in [3.63, 3.8) is 0 Å². The first-order valence-electron chi connectivity index (χ1n) is 6.47. The molecule has 0 saturated heterocycles. The van der Waals surface area contributed by atoms with Gasteiger partial charge in [0, 0.05) is 18.3 Å². The van der Waals surface area contributed by atoms with E-state index in [2.05, 4.69) is 38.8 Å². The van der Waals surface area contributed by atoms with Crippen LogP contribution in [0, 0.1) is 0 Å². The summed E-state index contributed by atoms with van der Waals surface area (Å²) in [5, 5.41) is 0. The van der Waals surface area contributed by atoms with E-state index in [0.717, 1.165) is 6.42 Å². The molecular weight excluding hydrogens is 380 g/mol. The van der Waals surface area contributed by atoms with Crippen molar-refractivity contribution in [3.8, 4) is 0 Å². The van der Waals surface area contributed by atoms with Gasteiger partial charge in [-0.15, -0.1) is 0 Å². The first-order valence-corrected chi connectivity index (χ1v) is 9.78. The summed E-state index contributed by atoms with van der Waals surface area (Å²) in [4.78, 5) is 0. The van der Waals surface area contributed by atoms with Crippen molar-refractivity contribution in [2.75, 3.05) is 0 Å². The fraction of sp³-hybridized carbons (Fsp3) is 1.00. The van der Waals surface area contributed by atoms with E-state index in [1.165, 1.54) is 0 Å². The average molecular weight is 406 g/mol. The summed E-state index contributed by atoms with van der Waals surface area (Å²) < 4.78 is 17.9. The normalized spacial score (nSPS) is 14.0. The molecule has 0 fully saturated rings. The van der Waals surface area contributed by atoms with Gasteiger partial charge < -0.3 is 13.3 Å². The van der Waals surface area contributed by atoms with Gasteiger partial charge in [0.05, 0.1) is 0 Å². The van der Waals surface area contributed by atoms with Gasteiger partial charge in [-0.3, -0.25) is 0 Å². The summed E-state index contributed by atoms with van der Waals surface area (Å²) in [5.74, 6) is 0. The molecule has 0 aromatic heterocycles. The minimum Gasteiger partial charge on any atom is -0.370 e. The quantitative estimate of drug-likeness (QED) is 0.435. The van der Waals surface area contributed by atoms with Crippen LogP contribution in [0.4, 0.5) is 0 Å². The highest BCUT2D eigenvalue weighted by atomic mass is 79.9. The molecule has 0 rings (SSSR count). The number of alkyl halides is 2. The van der Waals surface area contributed by atoms with E-state index in [1.54, 1.807) is 0 Å². The fourth-order valence-corrected chi connectivity index (χ4v) is 6.15. The molecule has 0 aliphatic heterocycles. The number of hydrogen-bond donors (Lipinski definition) is 0. The molecule has 0 aromatic carbocycles. The van der Waals surface area contributed by atoms with Crippen LogP contribution in [0.15, 0.2) is 0 Å². The van der Waals surface area contributed by atoms with E-state index in [-0.39, 0.29) is 18.3 Å². The first kappa shape index (κ1) is 19.1. The average Bonchev–Trinajstić information content (AvgIpc) is 2.13. The van der Waals surface area contributed by atoms with E-state index in [4.69, 9.17) is 13.3 Å². The van der Waals surface area contributed by atoms with Crippen LogP contribution in [0.1, 0.15) is 54.9 Å². The third kappa shape index (κ3) is 5.59. The molecule has 0 aliphatic rings. The summed E-state index contributed by atoms with van der Waals surface area (Å²) in [6.45, 7) is 14.1.